The Balaban J connectivity index is 1.85. The number of carbonyl (C=O) groups is 1. The lowest BCUT2D eigenvalue weighted by Crippen LogP contribution is -2.01. The zero-order valence-corrected chi connectivity index (χ0v) is 13.4. The molecule has 0 saturated carbocycles. The molecule has 5 heteroatoms. The van der Waals surface area contributed by atoms with Crippen LogP contribution in [0.15, 0.2) is 66.7 Å². The van der Waals surface area contributed by atoms with Gasteiger partial charge in [0.25, 0.3) is 0 Å². The smallest absolute Gasteiger partial charge is 0.193 e. The van der Waals surface area contributed by atoms with Crippen molar-refractivity contribution in [3.8, 4) is 23.6 Å². The number of rotatable bonds is 4. The largest absolute Gasteiger partial charge is 0.455 e. The first-order valence-electron chi connectivity index (χ1n) is 7.64. The summed E-state index contributed by atoms with van der Waals surface area (Å²) in [5, 5.41) is 18.3. The van der Waals surface area contributed by atoms with Crippen LogP contribution in [0.5, 0.6) is 11.5 Å². The van der Waals surface area contributed by atoms with Crippen molar-refractivity contribution in [1.29, 1.82) is 10.5 Å². The Labute approximate surface area is 149 Å². The van der Waals surface area contributed by atoms with Crippen LogP contribution in [-0.2, 0) is 0 Å². The summed E-state index contributed by atoms with van der Waals surface area (Å²) in [6.45, 7) is 0. The quantitative estimate of drug-likeness (QED) is 0.650. The number of nitrogens with zero attached hydrogens (tertiary/aromatic N) is 2. The average molecular weight is 342 g/mol. The first-order chi connectivity index (χ1) is 12.6. The van der Waals surface area contributed by atoms with Gasteiger partial charge in [-0.1, -0.05) is 6.07 Å². The zero-order chi connectivity index (χ0) is 18.5. The molecular weight excluding hydrogens is 331 g/mol. The van der Waals surface area contributed by atoms with Crippen LogP contribution in [0.25, 0.3) is 0 Å². The van der Waals surface area contributed by atoms with E-state index in [1.54, 1.807) is 42.5 Å². The summed E-state index contributed by atoms with van der Waals surface area (Å²) < 4.78 is 18.6. The molecule has 124 valence electrons. The number of benzene rings is 3. The Morgan fingerprint density at radius 3 is 1.81 bits per heavy atom. The summed E-state index contributed by atoms with van der Waals surface area (Å²) in [4.78, 5) is 12.4. The lowest BCUT2D eigenvalue weighted by molar-refractivity contribution is 0.103. The summed E-state index contributed by atoms with van der Waals surface area (Å²) in [7, 11) is 0. The first-order valence-corrected chi connectivity index (χ1v) is 7.64. The van der Waals surface area contributed by atoms with Gasteiger partial charge in [-0.05, 0) is 60.7 Å². The van der Waals surface area contributed by atoms with Crippen LogP contribution in [0, 0.1) is 28.5 Å². The number of para-hydroxylation sites is 1. The molecule has 3 aromatic carbocycles. The van der Waals surface area contributed by atoms with Crippen LogP contribution >= 0.6 is 0 Å². The van der Waals surface area contributed by atoms with E-state index in [-0.39, 0.29) is 22.7 Å². The highest BCUT2D eigenvalue weighted by molar-refractivity contribution is 6.09. The Hall–Kier alpha value is -3.96. The lowest BCUT2D eigenvalue weighted by atomic mass is 10.0. The van der Waals surface area contributed by atoms with E-state index in [1.165, 1.54) is 24.3 Å². The molecule has 0 spiro atoms. The maximum absolute atomic E-state index is 13.0. The number of ketones is 1. The molecule has 0 N–H and O–H groups in total. The van der Waals surface area contributed by atoms with Gasteiger partial charge in [0.1, 0.15) is 23.7 Å². The molecule has 0 aliphatic rings. The molecule has 0 atom stereocenters. The van der Waals surface area contributed by atoms with Crippen molar-refractivity contribution in [2.24, 2.45) is 0 Å². The van der Waals surface area contributed by atoms with Crippen LogP contribution < -0.4 is 4.74 Å². The fourth-order valence-corrected chi connectivity index (χ4v) is 2.38. The maximum atomic E-state index is 13.0. The third-order valence-corrected chi connectivity index (χ3v) is 3.70. The lowest BCUT2D eigenvalue weighted by Gasteiger charge is -2.09. The summed E-state index contributed by atoms with van der Waals surface area (Å²) in [5.74, 6) is -0.0867. The van der Waals surface area contributed by atoms with E-state index in [2.05, 4.69) is 0 Å². The Bertz CT molecular complexity index is 1010. The van der Waals surface area contributed by atoms with Crippen molar-refractivity contribution in [3.63, 3.8) is 0 Å². The van der Waals surface area contributed by atoms with E-state index in [1.807, 2.05) is 12.1 Å². The van der Waals surface area contributed by atoms with E-state index in [9.17, 15) is 9.18 Å². The summed E-state index contributed by atoms with van der Waals surface area (Å²) in [5.41, 5.74) is 1.28. The van der Waals surface area contributed by atoms with E-state index in [0.29, 0.717) is 16.9 Å². The van der Waals surface area contributed by atoms with Crippen LogP contribution in [0.3, 0.4) is 0 Å². The zero-order valence-electron chi connectivity index (χ0n) is 13.4. The Kier molecular flexibility index (Phi) is 4.74. The van der Waals surface area contributed by atoms with Crippen LogP contribution in [0.4, 0.5) is 4.39 Å². The van der Waals surface area contributed by atoms with Gasteiger partial charge < -0.3 is 4.74 Å². The van der Waals surface area contributed by atoms with Gasteiger partial charge in [0.2, 0.25) is 0 Å². The molecule has 0 heterocycles. The van der Waals surface area contributed by atoms with Crippen LogP contribution in [-0.4, -0.2) is 5.78 Å². The second kappa shape index (κ2) is 7.29. The maximum Gasteiger partial charge on any atom is 0.193 e. The van der Waals surface area contributed by atoms with Gasteiger partial charge in [-0.2, -0.15) is 10.5 Å². The van der Waals surface area contributed by atoms with E-state index < -0.39 is 5.82 Å². The minimum Gasteiger partial charge on any atom is -0.455 e. The predicted molar refractivity (Wildman–Crippen MR) is 92.2 cm³/mol. The van der Waals surface area contributed by atoms with E-state index in [4.69, 9.17) is 15.3 Å². The number of nitriles is 2. The van der Waals surface area contributed by atoms with Crippen LogP contribution in [0.1, 0.15) is 27.0 Å². The van der Waals surface area contributed by atoms with Crippen molar-refractivity contribution in [1.82, 2.24) is 0 Å². The van der Waals surface area contributed by atoms with Gasteiger partial charge in [0, 0.05) is 11.1 Å². The third-order valence-electron chi connectivity index (χ3n) is 3.70. The fourth-order valence-electron chi connectivity index (χ4n) is 2.38. The number of carbonyl (C=O) groups excluding carboxylic acids is 1. The minimum absolute atomic E-state index is 0.176. The molecule has 0 aliphatic carbocycles. The normalized spacial score (nSPS) is 9.81. The van der Waals surface area contributed by atoms with Crippen molar-refractivity contribution < 1.29 is 13.9 Å². The molecule has 0 saturated heterocycles. The average Bonchev–Trinajstić information content (AvgIpc) is 2.68. The van der Waals surface area contributed by atoms with E-state index >= 15 is 0 Å². The first kappa shape index (κ1) is 16.9. The molecule has 0 amide bonds. The van der Waals surface area contributed by atoms with Crippen LogP contribution in [0.2, 0.25) is 0 Å². The fraction of sp³-hybridized carbons (Fsp3) is 0. The Morgan fingerprint density at radius 2 is 1.31 bits per heavy atom. The molecule has 0 fully saturated rings. The summed E-state index contributed by atoms with van der Waals surface area (Å²) >= 11 is 0. The number of hydrogen-bond donors (Lipinski definition) is 0. The molecule has 0 aliphatic heterocycles. The van der Waals surface area contributed by atoms with E-state index in [0.717, 1.165) is 0 Å². The highest BCUT2D eigenvalue weighted by Crippen LogP contribution is 2.29. The third kappa shape index (κ3) is 3.43. The summed E-state index contributed by atoms with van der Waals surface area (Å²) in [6, 6.07) is 20.3. The molecule has 26 heavy (non-hydrogen) atoms. The standard InChI is InChI=1S/C21H11FN2O2/c22-18-8-4-14(5-9-18)20(25)15-6-10-19(11-7-15)26-21-16(12-23)2-1-3-17(21)13-24/h1-11H. The van der Waals surface area contributed by atoms with Gasteiger partial charge in [0.15, 0.2) is 11.5 Å². The Morgan fingerprint density at radius 1 is 0.808 bits per heavy atom. The van der Waals surface area contributed by atoms with Crippen molar-refractivity contribution in [2.45, 2.75) is 0 Å². The van der Waals surface area contributed by atoms with Crippen molar-refractivity contribution >= 4 is 5.78 Å². The molecule has 0 aromatic heterocycles. The molecule has 3 rings (SSSR count). The highest BCUT2D eigenvalue weighted by atomic mass is 19.1. The summed E-state index contributed by atoms with van der Waals surface area (Å²) in [6.07, 6.45) is 0. The number of halogens is 1. The van der Waals surface area contributed by atoms with Gasteiger partial charge in [-0.3, -0.25) is 4.79 Å². The number of ether oxygens (including phenoxy) is 1. The van der Waals surface area contributed by atoms with Gasteiger partial charge >= 0.3 is 0 Å². The number of hydrogen-bond acceptors (Lipinski definition) is 4. The molecule has 3 aromatic rings. The second-order valence-corrected chi connectivity index (χ2v) is 5.37. The topological polar surface area (TPSA) is 73.9 Å². The predicted octanol–water partition coefficient (Wildman–Crippen LogP) is 4.59. The van der Waals surface area contributed by atoms with Crippen molar-refractivity contribution in [2.75, 3.05) is 0 Å². The molecule has 0 bridgehead atoms. The molecule has 4 nitrogen and oxygen atoms in total. The molecular formula is C21H11FN2O2. The van der Waals surface area contributed by atoms with Gasteiger partial charge in [-0.15, -0.1) is 0 Å². The molecule has 0 radical (unpaired) electrons. The minimum atomic E-state index is -0.408. The highest BCUT2D eigenvalue weighted by Gasteiger charge is 2.12. The second-order valence-electron chi connectivity index (χ2n) is 5.37. The monoisotopic (exact) mass is 342 g/mol. The van der Waals surface area contributed by atoms with Crippen molar-refractivity contribution in [3.05, 3.63) is 94.8 Å². The molecule has 0 unspecified atom stereocenters. The SMILES string of the molecule is N#Cc1cccc(C#N)c1Oc1ccc(C(=O)c2ccc(F)cc2)cc1. The van der Waals surface area contributed by atoms with Gasteiger partial charge in [0.05, 0.1) is 11.1 Å². The van der Waals surface area contributed by atoms with Gasteiger partial charge in [-0.25, -0.2) is 4.39 Å².